The van der Waals surface area contributed by atoms with Crippen LogP contribution in [0.15, 0.2) is 39.5 Å². The Hall–Kier alpha value is -0.900. The summed E-state index contributed by atoms with van der Waals surface area (Å²) in [4.78, 5) is 4.71. The van der Waals surface area contributed by atoms with E-state index in [1.807, 2.05) is 23.6 Å². The van der Waals surface area contributed by atoms with Gasteiger partial charge in [0.1, 0.15) is 0 Å². The second-order valence-electron chi connectivity index (χ2n) is 4.09. The summed E-state index contributed by atoms with van der Waals surface area (Å²) < 4.78 is 1.01. The summed E-state index contributed by atoms with van der Waals surface area (Å²) in [7, 11) is 0. The van der Waals surface area contributed by atoms with E-state index in [2.05, 4.69) is 34.3 Å². The average molecular weight is 339 g/mol. The van der Waals surface area contributed by atoms with E-state index in [0.29, 0.717) is 0 Å². The quantitative estimate of drug-likeness (QED) is 0.555. The number of rotatable bonds is 1. The van der Waals surface area contributed by atoms with Gasteiger partial charge in [0.15, 0.2) is 0 Å². The summed E-state index contributed by atoms with van der Waals surface area (Å²) in [5, 5.41) is 5.84. The number of nitrogens with zero attached hydrogens (tertiary/aromatic N) is 1. The van der Waals surface area contributed by atoms with Crippen molar-refractivity contribution in [3.63, 3.8) is 0 Å². The first-order valence-corrected chi connectivity index (χ1v) is 7.56. The molecule has 0 unspecified atom stereocenters. The summed E-state index contributed by atoms with van der Waals surface area (Å²) >= 11 is 11.6. The number of aryl methyl sites for hydroxylation is 1. The van der Waals surface area contributed by atoms with Gasteiger partial charge in [0, 0.05) is 20.8 Å². The highest BCUT2D eigenvalue weighted by Crippen LogP contribution is 2.33. The topological polar surface area (TPSA) is 12.9 Å². The molecule has 1 nitrogen and oxygen atoms in total. The van der Waals surface area contributed by atoms with Crippen LogP contribution in [0.4, 0.5) is 0 Å². The molecule has 90 valence electrons. The Morgan fingerprint density at radius 1 is 1.28 bits per heavy atom. The number of benzene rings is 1. The highest BCUT2D eigenvalue weighted by Gasteiger charge is 2.10. The lowest BCUT2D eigenvalue weighted by Gasteiger charge is -2.07. The lowest BCUT2D eigenvalue weighted by atomic mass is 10.1. The van der Waals surface area contributed by atoms with Crippen LogP contribution in [-0.2, 0) is 0 Å². The number of pyridine rings is 1. The van der Waals surface area contributed by atoms with Crippen molar-refractivity contribution in [2.24, 2.45) is 0 Å². The Bertz CT molecular complexity index is 722. The standard InChI is InChI=1S/C14H9BrClNS/c1-8-2-3-10-11(16)6-12(9-4-5-18-7-9)17-14(10)13(8)15/h2-7H,1H3. The molecule has 0 amide bonds. The SMILES string of the molecule is Cc1ccc2c(Cl)cc(-c3ccsc3)nc2c1Br. The highest BCUT2D eigenvalue weighted by molar-refractivity contribution is 9.10. The third-order valence-electron chi connectivity index (χ3n) is 2.88. The predicted molar refractivity (Wildman–Crippen MR) is 82.5 cm³/mol. The van der Waals surface area contributed by atoms with E-state index >= 15 is 0 Å². The number of halogens is 2. The van der Waals surface area contributed by atoms with Gasteiger partial charge in [-0.05, 0) is 45.9 Å². The monoisotopic (exact) mass is 337 g/mol. The molecule has 0 saturated heterocycles. The zero-order valence-corrected chi connectivity index (χ0v) is 12.7. The van der Waals surface area contributed by atoms with Crippen LogP contribution >= 0.6 is 38.9 Å². The van der Waals surface area contributed by atoms with Gasteiger partial charge in [0.2, 0.25) is 0 Å². The van der Waals surface area contributed by atoms with E-state index in [4.69, 9.17) is 16.6 Å². The summed E-state index contributed by atoms with van der Waals surface area (Å²) in [6, 6.07) is 8.04. The summed E-state index contributed by atoms with van der Waals surface area (Å²) in [5.74, 6) is 0. The summed E-state index contributed by atoms with van der Waals surface area (Å²) in [6.07, 6.45) is 0. The molecule has 4 heteroatoms. The van der Waals surface area contributed by atoms with E-state index in [-0.39, 0.29) is 0 Å². The zero-order valence-electron chi connectivity index (χ0n) is 9.58. The van der Waals surface area contributed by atoms with E-state index in [9.17, 15) is 0 Å². The summed E-state index contributed by atoms with van der Waals surface area (Å²) in [5.41, 5.74) is 4.11. The van der Waals surface area contributed by atoms with E-state index in [0.717, 1.165) is 37.2 Å². The van der Waals surface area contributed by atoms with Gasteiger partial charge in [0.05, 0.1) is 16.2 Å². The highest BCUT2D eigenvalue weighted by atomic mass is 79.9. The second-order valence-corrected chi connectivity index (χ2v) is 6.07. The molecule has 0 N–H and O–H groups in total. The van der Waals surface area contributed by atoms with Gasteiger partial charge in [-0.2, -0.15) is 11.3 Å². The van der Waals surface area contributed by atoms with Crippen molar-refractivity contribution in [1.29, 1.82) is 0 Å². The molecule has 2 aromatic heterocycles. The molecular weight excluding hydrogens is 330 g/mol. The van der Waals surface area contributed by atoms with Crippen LogP contribution in [0, 0.1) is 6.92 Å². The maximum atomic E-state index is 6.35. The fourth-order valence-corrected chi connectivity index (χ4v) is 3.22. The van der Waals surface area contributed by atoms with Crippen molar-refractivity contribution >= 4 is 49.8 Å². The average Bonchev–Trinajstić information content (AvgIpc) is 2.88. The molecule has 1 aromatic carbocycles. The Kier molecular flexibility index (Phi) is 3.14. The van der Waals surface area contributed by atoms with Crippen LogP contribution in [0.1, 0.15) is 5.56 Å². The predicted octanol–water partition coefficient (Wildman–Crippen LogP) is 5.69. The molecular formula is C14H9BrClNS. The first-order chi connectivity index (χ1) is 8.66. The maximum Gasteiger partial charge on any atom is 0.0869 e. The molecule has 2 heterocycles. The van der Waals surface area contributed by atoms with E-state index in [1.165, 1.54) is 0 Å². The van der Waals surface area contributed by atoms with Crippen LogP contribution in [0.2, 0.25) is 5.02 Å². The lowest BCUT2D eigenvalue weighted by Crippen LogP contribution is -1.88. The van der Waals surface area contributed by atoms with Gasteiger partial charge >= 0.3 is 0 Å². The Morgan fingerprint density at radius 2 is 2.11 bits per heavy atom. The largest absolute Gasteiger partial charge is 0.246 e. The Morgan fingerprint density at radius 3 is 2.83 bits per heavy atom. The van der Waals surface area contributed by atoms with Crippen molar-refractivity contribution in [2.75, 3.05) is 0 Å². The molecule has 0 bridgehead atoms. The molecule has 3 rings (SSSR count). The minimum Gasteiger partial charge on any atom is -0.246 e. The van der Waals surface area contributed by atoms with Crippen molar-refractivity contribution in [2.45, 2.75) is 6.92 Å². The zero-order chi connectivity index (χ0) is 12.7. The Balaban J connectivity index is 2.35. The smallest absolute Gasteiger partial charge is 0.0869 e. The third-order valence-corrected chi connectivity index (χ3v) is 4.88. The van der Waals surface area contributed by atoms with Crippen LogP contribution in [0.25, 0.3) is 22.2 Å². The van der Waals surface area contributed by atoms with Crippen molar-refractivity contribution < 1.29 is 0 Å². The molecule has 0 atom stereocenters. The van der Waals surface area contributed by atoms with Gasteiger partial charge in [-0.1, -0.05) is 23.7 Å². The normalized spacial score (nSPS) is 11.1. The van der Waals surface area contributed by atoms with Gasteiger partial charge in [-0.15, -0.1) is 0 Å². The minimum atomic E-state index is 0.738. The number of thiophene rings is 1. The van der Waals surface area contributed by atoms with Gasteiger partial charge in [-0.25, -0.2) is 4.98 Å². The van der Waals surface area contributed by atoms with Crippen molar-refractivity contribution in [1.82, 2.24) is 4.98 Å². The molecule has 18 heavy (non-hydrogen) atoms. The minimum absolute atomic E-state index is 0.738. The van der Waals surface area contributed by atoms with Crippen molar-refractivity contribution in [3.8, 4) is 11.3 Å². The van der Waals surface area contributed by atoms with Crippen LogP contribution in [-0.4, -0.2) is 4.98 Å². The first-order valence-electron chi connectivity index (χ1n) is 5.45. The molecule has 0 spiro atoms. The number of fused-ring (bicyclic) bond motifs is 1. The second kappa shape index (κ2) is 4.65. The molecule has 0 saturated carbocycles. The Labute approximate surface area is 123 Å². The number of hydrogen-bond acceptors (Lipinski definition) is 2. The molecule has 3 aromatic rings. The van der Waals surface area contributed by atoms with Gasteiger partial charge in [-0.3, -0.25) is 0 Å². The van der Waals surface area contributed by atoms with E-state index in [1.54, 1.807) is 11.3 Å². The molecule has 0 aliphatic heterocycles. The van der Waals surface area contributed by atoms with Gasteiger partial charge in [0.25, 0.3) is 0 Å². The maximum absolute atomic E-state index is 6.35. The lowest BCUT2D eigenvalue weighted by molar-refractivity contribution is 1.37. The first kappa shape index (κ1) is 12.2. The van der Waals surface area contributed by atoms with Crippen molar-refractivity contribution in [3.05, 3.63) is 50.1 Å². The van der Waals surface area contributed by atoms with E-state index < -0.39 is 0 Å². The van der Waals surface area contributed by atoms with Crippen LogP contribution < -0.4 is 0 Å². The van der Waals surface area contributed by atoms with Crippen LogP contribution in [0.5, 0.6) is 0 Å². The number of hydrogen-bond donors (Lipinski definition) is 0. The van der Waals surface area contributed by atoms with Gasteiger partial charge < -0.3 is 0 Å². The third kappa shape index (κ3) is 1.96. The molecule has 0 aliphatic rings. The molecule has 0 fully saturated rings. The molecule has 0 aliphatic carbocycles. The molecule has 0 radical (unpaired) electrons. The van der Waals surface area contributed by atoms with Crippen LogP contribution in [0.3, 0.4) is 0 Å². The fourth-order valence-electron chi connectivity index (χ4n) is 1.88. The fraction of sp³-hybridized carbons (Fsp3) is 0.0714. The summed E-state index contributed by atoms with van der Waals surface area (Å²) in [6.45, 7) is 2.05. The number of aromatic nitrogens is 1.